The summed E-state index contributed by atoms with van der Waals surface area (Å²) in [4.78, 5) is 2.65. The molecule has 0 amide bonds. The number of aryl methyl sites for hydroxylation is 1. The van der Waals surface area contributed by atoms with Crippen LogP contribution in [0.4, 0.5) is 0 Å². The molecule has 1 aliphatic rings. The molecule has 0 bridgehead atoms. The Kier molecular flexibility index (Phi) is 5.10. The highest BCUT2D eigenvalue weighted by molar-refractivity contribution is 5.06. The molecule has 1 aromatic rings. The largest absolute Gasteiger partial charge is 0.311 e. The van der Waals surface area contributed by atoms with Crippen LogP contribution in [-0.4, -0.2) is 39.9 Å². The third-order valence-corrected chi connectivity index (χ3v) is 4.65. The van der Waals surface area contributed by atoms with Gasteiger partial charge < -0.3 is 5.32 Å². The van der Waals surface area contributed by atoms with Gasteiger partial charge in [-0.05, 0) is 18.3 Å². The third kappa shape index (κ3) is 4.07. The van der Waals surface area contributed by atoms with Crippen LogP contribution in [0.5, 0.6) is 0 Å². The SMILES string of the molecule is CCn1cc(CN2CC(C(C)C)NCC2C(C)(C)C)cn1. The third-order valence-electron chi connectivity index (χ3n) is 4.65. The maximum atomic E-state index is 4.42. The lowest BCUT2D eigenvalue weighted by atomic mass is 9.83. The standard InChI is InChI=1S/C17H32N4/c1-7-21-11-14(8-19-21)10-20-12-15(13(2)3)18-9-16(20)17(4,5)6/h8,11,13,15-16,18H,7,9-10,12H2,1-6H3. The lowest BCUT2D eigenvalue weighted by Gasteiger charge is -2.47. The summed E-state index contributed by atoms with van der Waals surface area (Å²) >= 11 is 0. The van der Waals surface area contributed by atoms with Crippen LogP contribution in [-0.2, 0) is 13.1 Å². The van der Waals surface area contributed by atoms with Crippen LogP contribution in [0.2, 0.25) is 0 Å². The number of rotatable bonds is 4. The molecule has 1 aliphatic heterocycles. The first kappa shape index (κ1) is 16.5. The lowest BCUT2D eigenvalue weighted by molar-refractivity contribution is 0.0400. The van der Waals surface area contributed by atoms with Crippen LogP contribution in [0.1, 0.15) is 47.1 Å². The molecule has 2 rings (SSSR count). The van der Waals surface area contributed by atoms with Crippen LogP contribution in [0.15, 0.2) is 12.4 Å². The fraction of sp³-hybridized carbons (Fsp3) is 0.824. The molecule has 4 nitrogen and oxygen atoms in total. The summed E-state index contributed by atoms with van der Waals surface area (Å²) in [6, 6.07) is 1.15. The van der Waals surface area contributed by atoms with Gasteiger partial charge in [0, 0.05) is 50.0 Å². The molecule has 120 valence electrons. The average Bonchev–Trinajstić information content (AvgIpc) is 2.85. The maximum absolute atomic E-state index is 4.42. The Morgan fingerprint density at radius 3 is 2.62 bits per heavy atom. The molecule has 0 aromatic carbocycles. The molecule has 1 N–H and O–H groups in total. The Morgan fingerprint density at radius 1 is 1.38 bits per heavy atom. The predicted molar refractivity (Wildman–Crippen MR) is 88.2 cm³/mol. The summed E-state index contributed by atoms with van der Waals surface area (Å²) in [5.74, 6) is 0.673. The molecule has 0 spiro atoms. The number of nitrogens with one attached hydrogen (secondary N) is 1. The van der Waals surface area contributed by atoms with Gasteiger partial charge in [-0.15, -0.1) is 0 Å². The number of aromatic nitrogens is 2. The van der Waals surface area contributed by atoms with E-state index < -0.39 is 0 Å². The van der Waals surface area contributed by atoms with Crippen molar-refractivity contribution in [2.75, 3.05) is 13.1 Å². The fourth-order valence-electron chi connectivity index (χ4n) is 3.21. The summed E-state index contributed by atoms with van der Waals surface area (Å²) in [6.07, 6.45) is 4.21. The van der Waals surface area contributed by atoms with Crippen molar-refractivity contribution >= 4 is 0 Å². The minimum absolute atomic E-state index is 0.287. The van der Waals surface area contributed by atoms with Gasteiger partial charge in [-0.1, -0.05) is 34.6 Å². The molecule has 1 saturated heterocycles. The number of piperazine rings is 1. The molecular formula is C17H32N4. The number of hydrogen-bond acceptors (Lipinski definition) is 3. The monoisotopic (exact) mass is 292 g/mol. The molecule has 1 aromatic heterocycles. The van der Waals surface area contributed by atoms with Crippen molar-refractivity contribution in [2.24, 2.45) is 11.3 Å². The minimum Gasteiger partial charge on any atom is -0.311 e. The highest BCUT2D eigenvalue weighted by atomic mass is 15.3. The predicted octanol–water partition coefficient (Wildman–Crippen LogP) is 2.75. The Labute approximate surface area is 129 Å². The lowest BCUT2D eigenvalue weighted by Crippen LogP contribution is -2.61. The maximum Gasteiger partial charge on any atom is 0.0534 e. The number of nitrogens with zero attached hydrogens (tertiary/aromatic N) is 3. The van der Waals surface area contributed by atoms with Crippen molar-refractivity contribution in [1.29, 1.82) is 0 Å². The van der Waals surface area contributed by atoms with E-state index in [1.807, 2.05) is 10.9 Å². The molecule has 1 fully saturated rings. The summed E-state index contributed by atoms with van der Waals surface area (Å²) in [5.41, 5.74) is 1.62. The second-order valence-corrected chi connectivity index (χ2v) is 7.77. The zero-order valence-electron chi connectivity index (χ0n) is 14.6. The van der Waals surface area contributed by atoms with E-state index in [1.54, 1.807) is 0 Å². The van der Waals surface area contributed by atoms with E-state index in [1.165, 1.54) is 5.56 Å². The van der Waals surface area contributed by atoms with E-state index in [4.69, 9.17) is 0 Å². The van der Waals surface area contributed by atoms with Gasteiger partial charge in [0.25, 0.3) is 0 Å². The van der Waals surface area contributed by atoms with E-state index in [2.05, 4.69) is 63.1 Å². The van der Waals surface area contributed by atoms with Crippen molar-refractivity contribution in [3.63, 3.8) is 0 Å². The topological polar surface area (TPSA) is 33.1 Å². The molecule has 0 saturated carbocycles. The van der Waals surface area contributed by atoms with Crippen molar-refractivity contribution in [3.8, 4) is 0 Å². The molecule has 4 heteroatoms. The van der Waals surface area contributed by atoms with E-state index in [0.29, 0.717) is 18.0 Å². The second kappa shape index (κ2) is 6.49. The molecule has 0 aliphatic carbocycles. The average molecular weight is 292 g/mol. The van der Waals surface area contributed by atoms with Crippen LogP contribution in [0.3, 0.4) is 0 Å². The van der Waals surface area contributed by atoms with Gasteiger partial charge in [-0.2, -0.15) is 5.10 Å². The normalized spacial score (nSPS) is 24.7. The van der Waals surface area contributed by atoms with Gasteiger partial charge in [-0.25, -0.2) is 0 Å². The summed E-state index contributed by atoms with van der Waals surface area (Å²) < 4.78 is 2.02. The highest BCUT2D eigenvalue weighted by Crippen LogP contribution is 2.28. The van der Waals surface area contributed by atoms with Crippen molar-refractivity contribution < 1.29 is 0 Å². The van der Waals surface area contributed by atoms with Gasteiger partial charge in [0.1, 0.15) is 0 Å². The molecule has 2 atom stereocenters. The van der Waals surface area contributed by atoms with Crippen molar-refractivity contribution in [1.82, 2.24) is 20.0 Å². The summed E-state index contributed by atoms with van der Waals surface area (Å²) in [6.45, 7) is 17.9. The van der Waals surface area contributed by atoms with Gasteiger partial charge in [0.2, 0.25) is 0 Å². The van der Waals surface area contributed by atoms with Crippen LogP contribution in [0.25, 0.3) is 0 Å². The second-order valence-electron chi connectivity index (χ2n) is 7.77. The zero-order valence-corrected chi connectivity index (χ0v) is 14.6. The Morgan fingerprint density at radius 2 is 2.10 bits per heavy atom. The molecule has 21 heavy (non-hydrogen) atoms. The van der Waals surface area contributed by atoms with E-state index in [-0.39, 0.29) is 5.41 Å². The van der Waals surface area contributed by atoms with E-state index in [9.17, 15) is 0 Å². The van der Waals surface area contributed by atoms with Crippen LogP contribution in [0, 0.1) is 11.3 Å². The summed E-state index contributed by atoms with van der Waals surface area (Å²) in [5, 5.41) is 8.16. The molecule has 2 unspecified atom stereocenters. The highest BCUT2D eigenvalue weighted by Gasteiger charge is 2.36. The Hall–Kier alpha value is -0.870. The van der Waals surface area contributed by atoms with Crippen LogP contribution >= 0.6 is 0 Å². The van der Waals surface area contributed by atoms with Gasteiger partial charge in [0.15, 0.2) is 0 Å². The smallest absolute Gasteiger partial charge is 0.0534 e. The van der Waals surface area contributed by atoms with Crippen LogP contribution < -0.4 is 5.32 Å². The first-order valence-corrected chi connectivity index (χ1v) is 8.30. The molecule has 2 heterocycles. The fourth-order valence-corrected chi connectivity index (χ4v) is 3.21. The quantitative estimate of drug-likeness (QED) is 0.926. The first-order valence-electron chi connectivity index (χ1n) is 8.30. The number of hydrogen-bond donors (Lipinski definition) is 1. The van der Waals surface area contributed by atoms with Gasteiger partial charge in [-0.3, -0.25) is 9.58 Å². The molecule has 0 radical (unpaired) electrons. The Balaban J connectivity index is 2.12. The summed E-state index contributed by atoms with van der Waals surface area (Å²) in [7, 11) is 0. The Bertz CT molecular complexity index is 444. The van der Waals surface area contributed by atoms with Crippen molar-refractivity contribution in [3.05, 3.63) is 18.0 Å². The molecular weight excluding hydrogens is 260 g/mol. The van der Waals surface area contributed by atoms with Gasteiger partial charge >= 0.3 is 0 Å². The van der Waals surface area contributed by atoms with Crippen molar-refractivity contribution in [2.45, 2.75) is 66.7 Å². The first-order chi connectivity index (χ1) is 9.81. The zero-order chi connectivity index (χ0) is 15.6. The van der Waals surface area contributed by atoms with E-state index >= 15 is 0 Å². The minimum atomic E-state index is 0.287. The van der Waals surface area contributed by atoms with Gasteiger partial charge in [0.05, 0.1) is 6.20 Å². The van der Waals surface area contributed by atoms with E-state index in [0.717, 1.165) is 26.2 Å².